The molecule has 0 saturated heterocycles. The molecule has 0 bridgehead atoms. The van der Waals surface area contributed by atoms with E-state index >= 15 is 0 Å². The van der Waals surface area contributed by atoms with Gasteiger partial charge in [-0.1, -0.05) is 38.7 Å². The molecule has 0 unspecified atom stereocenters. The van der Waals surface area contributed by atoms with Gasteiger partial charge in [0.15, 0.2) is 0 Å². The molecule has 0 saturated carbocycles. The predicted molar refractivity (Wildman–Crippen MR) is 59.5 cm³/mol. The van der Waals surface area contributed by atoms with Crippen LogP contribution < -0.4 is 17.0 Å². The predicted octanol–water partition coefficient (Wildman–Crippen LogP) is 0.735. The van der Waals surface area contributed by atoms with Crippen LogP contribution in [0.4, 0.5) is 13.2 Å². The van der Waals surface area contributed by atoms with E-state index in [1.807, 2.05) is 20.8 Å². The van der Waals surface area contributed by atoms with E-state index in [0.29, 0.717) is 0 Å². The van der Waals surface area contributed by atoms with Crippen LogP contribution in [0.2, 0.25) is 0 Å². The van der Waals surface area contributed by atoms with E-state index in [1.54, 1.807) is 6.07 Å². The first-order chi connectivity index (χ1) is 6.62. The molecule has 17 heavy (non-hydrogen) atoms. The molecule has 0 spiro atoms. The van der Waals surface area contributed by atoms with E-state index in [9.17, 15) is 13.2 Å². The molecule has 1 aromatic carbocycles. The zero-order valence-corrected chi connectivity index (χ0v) is 13.4. The van der Waals surface area contributed by atoms with Crippen LogP contribution in [-0.2, 0) is 11.6 Å². The summed E-state index contributed by atoms with van der Waals surface area (Å²) in [6.45, 7) is 7.35. The van der Waals surface area contributed by atoms with Gasteiger partial charge in [0.2, 0.25) is 0 Å². The maximum atomic E-state index is 12.4. The molecule has 0 fully saturated rings. The van der Waals surface area contributed by atoms with E-state index in [4.69, 9.17) is 0 Å². The summed E-state index contributed by atoms with van der Waals surface area (Å²) in [6.07, 6.45) is -4.31. The van der Waals surface area contributed by atoms with Crippen molar-refractivity contribution < 1.29 is 30.2 Å². The SMILES string of the molecule is Cc1cc(C(C)(C)C)c[c-]c1C(F)(F)F.[Br-].[Mg+2]. The van der Waals surface area contributed by atoms with Gasteiger partial charge in [-0.3, -0.25) is 0 Å². The fourth-order valence-electron chi connectivity index (χ4n) is 1.35. The summed E-state index contributed by atoms with van der Waals surface area (Å²) in [6, 6.07) is 5.34. The molecule has 0 amide bonds. The van der Waals surface area contributed by atoms with Crippen LogP contribution >= 0.6 is 0 Å². The Morgan fingerprint density at radius 1 is 1.12 bits per heavy atom. The molecular weight excluding hydrogens is 305 g/mol. The molecule has 1 rings (SSSR count). The number of hydrogen-bond donors (Lipinski definition) is 0. The molecule has 92 valence electrons. The molecule has 5 heteroatoms. The van der Waals surface area contributed by atoms with Crippen molar-refractivity contribution in [2.45, 2.75) is 39.3 Å². The largest absolute Gasteiger partial charge is 2.00 e. The summed E-state index contributed by atoms with van der Waals surface area (Å²) in [4.78, 5) is 0. The fraction of sp³-hybridized carbons (Fsp3) is 0.500. The molecule has 0 heterocycles. The monoisotopic (exact) mass is 318 g/mol. The van der Waals surface area contributed by atoms with Crippen molar-refractivity contribution in [3.05, 3.63) is 34.9 Å². The van der Waals surface area contributed by atoms with Crippen molar-refractivity contribution in [3.63, 3.8) is 0 Å². The van der Waals surface area contributed by atoms with Crippen LogP contribution in [0.25, 0.3) is 0 Å². The second-order valence-electron chi connectivity index (χ2n) is 4.69. The summed E-state index contributed by atoms with van der Waals surface area (Å²) in [7, 11) is 0. The second-order valence-corrected chi connectivity index (χ2v) is 4.69. The number of aryl methyl sites for hydroxylation is 1. The molecule has 0 radical (unpaired) electrons. The number of rotatable bonds is 0. The van der Waals surface area contributed by atoms with Gasteiger partial charge in [-0.25, -0.2) is 0 Å². The normalized spacial score (nSPS) is 11.5. The van der Waals surface area contributed by atoms with Crippen molar-refractivity contribution in [1.29, 1.82) is 0 Å². The first-order valence-corrected chi connectivity index (χ1v) is 4.72. The minimum absolute atomic E-state index is 0. The molecule has 0 aliphatic heterocycles. The number of halogens is 4. The molecule has 0 aliphatic rings. The van der Waals surface area contributed by atoms with Crippen LogP contribution in [0.5, 0.6) is 0 Å². The Bertz CT molecular complexity index is 367. The van der Waals surface area contributed by atoms with Gasteiger partial charge in [0, 0.05) is 0 Å². The molecule has 1 aromatic rings. The van der Waals surface area contributed by atoms with E-state index in [0.717, 1.165) is 5.56 Å². The zero-order valence-electron chi connectivity index (χ0n) is 10.4. The summed E-state index contributed by atoms with van der Waals surface area (Å²) in [5.41, 5.74) is 0.282. The van der Waals surface area contributed by atoms with Crippen LogP contribution in [0.15, 0.2) is 12.1 Å². The summed E-state index contributed by atoms with van der Waals surface area (Å²) >= 11 is 0. The van der Waals surface area contributed by atoms with E-state index < -0.39 is 11.7 Å². The molecular formula is C12H14BrF3Mg. The van der Waals surface area contributed by atoms with Crippen LogP contribution in [-0.4, -0.2) is 23.1 Å². The molecule has 0 atom stereocenters. The third-order valence-corrected chi connectivity index (χ3v) is 2.29. The number of benzene rings is 1. The quantitative estimate of drug-likeness (QED) is 0.489. The molecule has 0 nitrogen and oxygen atoms in total. The van der Waals surface area contributed by atoms with Gasteiger partial charge in [-0.15, -0.1) is 5.56 Å². The summed E-state index contributed by atoms with van der Waals surface area (Å²) < 4.78 is 37.3. The van der Waals surface area contributed by atoms with Crippen LogP contribution in [0, 0.1) is 13.0 Å². The Morgan fingerprint density at radius 2 is 1.59 bits per heavy atom. The number of hydrogen-bond acceptors (Lipinski definition) is 0. The van der Waals surface area contributed by atoms with Gasteiger partial charge in [0.25, 0.3) is 0 Å². The van der Waals surface area contributed by atoms with Crippen LogP contribution in [0.3, 0.4) is 0 Å². The smallest absolute Gasteiger partial charge is 1.00 e. The maximum absolute atomic E-state index is 12.4. The maximum Gasteiger partial charge on any atom is 2.00 e. The molecule has 0 N–H and O–H groups in total. The van der Waals surface area contributed by atoms with Crippen molar-refractivity contribution in [1.82, 2.24) is 0 Å². The second kappa shape index (κ2) is 6.43. The van der Waals surface area contributed by atoms with Gasteiger partial charge >= 0.3 is 29.2 Å². The minimum atomic E-state index is -4.31. The fourth-order valence-corrected chi connectivity index (χ4v) is 1.35. The number of alkyl halides is 3. The van der Waals surface area contributed by atoms with E-state index in [-0.39, 0.29) is 51.0 Å². The topological polar surface area (TPSA) is 0 Å². The van der Waals surface area contributed by atoms with E-state index in [1.165, 1.54) is 13.0 Å². The van der Waals surface area contributed by atoms with Crippen LogP contribution in [0.1, 0.15) is 37.5 Å². The molecule has 0 aromatic heterocycles. The van der Waals surface area contributed by atoms with E-state index in [2.05, 4.69) is 6.07 Å². The average Bonchev–Trinajstić information content (AvgIpc) is 1.99. The standard InChI is InChI=1S/C12H14F3.BrH.Mg/c1-8-7-9(11(2,3)4)5-6-10(8)12(13,14)15;;/h5,7H,1-4H3;1H;/q-1;;+2/p-1. The Labute approximate surface area is 127 Å². The van der Waals surface area contributed by atoms with Crippen molar-refractivity contribution in [2.75, 3.05) is 0 Å². The first-order valence-electron chi connectivity index (χ1n) is 4.72. The van der Waals surface area contributed by atoms with Gasteiger partial charge in [-0.05, 0) is 0 Å². The third-order valence-electron chi connectivity index (χ3n) is 2.29. The average molecular weight is 319 g/mol. The Hall–Kier alpha value is 0.256. The Kier molecular flexibility index (Phi) is 7.41. The summed E-state index contributed by atoms with van der Waals surface area (Å²) in [5.74, 6) is 0. The van der Waals surface area contributed by atoms with Crippen molar-refractivity contribution >= 4 is 23.1 Å². The van der Waals surface area contributed by atoms with Gasteiger partial charge in [0.1, 0.15) is 0 Å². The van der Waals surface area contributed by atoms with Crippen molar-refractivity contribution in [3.8, 4) is 0 Å². The summed E-state index contributed by atoms with van der Waals surface area (Å²) in [5, 5.41) is 0. The minimum Gasteiger partial charge on any atom is -1.00 e. The zero-order chi connectivity index (χ0) is 11.9. The molecule has 0 aliphatic carbocycles. The van der Waals surface area contributed by atoms with Gasteiger partial charge < -0.3 is 17.0 Å². The first kappa shape index (κ1) is 19.6. The van der Waals surface area contributed by atoms with Crippen molar-refractivity contribution in [2.24, 2.45) is 0 Å². The third kappa shape index (κ3) is 5.18. The Morgan fingerprint density at radius 3 is 1.88 bits per heavy atom. The Balaban J connectivity index is 0. The van der Waals surface area contributed by atoms with Gasteiger partial charge in [0.05, 0.1) is 0 Å². The van der Waals surface area contributed by atoms with Gasteiger partial charge in [-0.2, -0.15) is 36.9 Å².